The van der Waals surface area contributed by atoms with Crippen molar-refractivity contribution < 1.29 is 29.5 Å². The molecule has 2 saturated carbocycles. The Morgan fingerprint density at radius 1 is 1.29 bits per heavy atom. The van der Waals surface area contributed by atoms with E-state index in [1.165, 1.54) is 29.8 Å². The molecule has 4 N–H and O–H groups in total. The molecular weight excluding hydrogens is 408 g/mol. The zero-order valence-electron chi connectivity index (χ0n) is 16.6. The molecule has 0 spiro atoms. The van der Waals surface area contributed by atoms with Crippen LogP contribution in [-0.4, -0.2) is 52.7 Å². The molecule has 0 unspecified atom stereocenters. The molecule has 166 valence electrons. The van der Waals surface area contributed by atoms with E-state index in [9.17, 15) is 24.8 Å². The number of nitrogens with one attached hydrogen (secondary N) is 2. The summed E-state index contributed by atoms with van der Waals surface area (Å²) in [6, 6.07) is 4.80. The van der Waals surface area contributed by atoms with Gasteiger partial charge >= 0.3 is 12.0 Å². The number of anilines is 1. The fourth-order valence-electron chi connectivity index (χ4n) is 4.21. The van der Waals surface area contributed by atoms with Gasteiger partial charge in [0.25, 0.3) is 5.69 Å². The van der Waals surface area contributed by atoms with Gasteiger partial charge in [0.05, 0.1) is 17.6 Å². The summed E-state index contributed by atoms with van der Waals surface area (Å²) in [5, 5.41) is 36.1. The first kappa shape index (κ1) is 22.4. The molecule has 31 heavy (non-hydrogen) atoms. The Bertz CT molecular complexity index is 884. The summed E-state index contributed by atoms with van der Waals surface area (Å²) in [7, 11) is 0. The third-order valence-corrected chi connectivity index (χ3v) is 5.57. The smallest absolute Gasteiger partial charge is 0.339 e. The number of carboxylic acid groups (broad SMARTS) is 1. The van der Waals surface area contributed by atoms with Crippen LogP contribution >= 0.6 is 0 Å². The lowest BCUT2D eigenvalue weighted by Gasteiger charge is -2.16. The van der Waals surface area contributed by atoms with Gasteiger partial charge in [-0.3, -0.25) is 10.1 Å². The number of aliphatic hydroxyl groups excluding tert-OH is 1. The molecule has 0 bridgehead atoms. The quantitative estimate of drug-likeness (QED) is 0.161. The zero-order chi connectivity index (χ0) is 22.4. The number of hydrazone groups is 1. The molecule has 0 aliphatic heterocycles. The number of carboxylic acids is 1. The Kier molecular flexibility index (Phi) is 7.32. The fraction of sp³-hybridized carbons (Fsp3) is 0.450. The molecule has 3 rings (SSSR count). The van der Waals surface area contributed by atoms with Gasteiger partial charge in [-0.2, -0.15) is 5.10 Å². The molecule has 2 aliphatic carbocycles. The van der Waals surface area contributed by atoms with Crippen molar-refractivity contribution in [3.63, 3.8) is 0 Å². The molecule has 1 aromatic rings. The van der Waals surface area contributed by atoms with E-state index in [-0.39, 0.29) is 30.7 Å². The van der Waals surface area contributed by atoms with E-state index < -0.39 is 23.0 Å². The standard InChI is InChI=1S/C20H24N4O7/c25-18-9-13-7-12(5-6-31-11-19(26)27)8-16(13)17(18)10-21-23-20(28)22-14-1-3-15(4-2-14)24(29)30/h1-5,10,13,16-18,25H,6-9,11H2,(H,26,27)(H2,22,23,28)/b12-5+,21-10+/t13-,16-,17+,18+/m0/s1. The number of aliphatic carboxylic acids is 1. The van der Waals surface area contributed by atoms with Gasteiger partial charge in [0.15, 0.2) is 0 Å². The number of hydrogen-bond donors (Lipinski definition) is 4. The Hall–Kier alpha value is -3.31. The number of allylic oxidation sites excluding steroid dienone is 1. The number of benzene rings is 1. The monoisotopic (exact) mass is 432 g/mol. The number of non-ortho nitro benzene ring substituents is 1. The lowest BCUT2D eigenvalue weighted by atomic mass is 9.92. The molecule has 0 heterocycles. The van der Waals surface area contributed by atoms with Gasteiger partial charge in [-0.05, 0) is 43.2 Å². The number of amides is 2. The van der Waals surface area contributed by atoms with Crippen LogP contribution in [0.15, 0.2) is 41.0 Å². The zero-order valence-corrected chi connectivity index (χ0v) is 16.6. The topological polar surface area (TPSA) is 163 Å². The summed E-state index contributed by atoms with van der Waals surface area (Å²) >= 11 is 0. The number of hydrogen-bond acceptors (Lipinski definition) is 7. The van der Waals surface area contributed by atoms with E-state index >= 15 is 0 Å². The number of ether oxygens (including phenoxy) is 1. The molecule has 0 aromatic heterocycles. The average Bonchev–Trinajstić information content (AvgIpc) is 3.23. The molecule has 0 radical (unpaired) electrons. The van der Waals surface area contributed by atoms with Gasteiger partial charge in [0, 0.05) is 30.0 Å². The Morgan fingerprint density at radius 3 is 2.71 bits per heavy atom. The Balaban J connectivity index is 1.48. The number of nitro groups is 1. The second kappa shape index (κ2) is 10.1. The largest absolute Gasteiger partial charge is 0.480 e. The maximum atomic E-state index is 12.0. The number of carbonyl (C=O) groups excluding carboxylic acids is 1. The summed E-state index contributed by atoms with van der Waals surface area (Å²) in [6.07, 6.45) is 5.15. The van der Waals surface area contributed by atoms with E-state index in [2.05, 4.69) is 15.8 Å². The molecule has 2 amide bonds. The SMILES string of the molecule is O=C(O)COC/C=C1\C[C@H]2C[C@@H](O)[C@H](/C=N/NC(=O)Nc3ccc([N+](=O)[O-])cc3)[C@H]2C1. The minimum atomic E-state index is -1.01. The summed E-state index contributed by atoms with van der Waals surface area (Å²) in [5.74, 6) is -0.697. The van der Waals surface area contributed by atoms with Crippen LogP contribution in [0, 0.1) is 27.9 Å². The second-order valence-corrected chi connectivity index (χ2v) is 7.63. The Labute approximate surface area is 177 Å². The highest BCUT2D eigenvalue weighted by Gasteiger charge is 2.45. The van der Waals surface area contributed by atoms with Gasteiger partial charge < -0.3 is 20.3 Å². The molecule has 1 aromatic carbocycles. The molecule has 4 atom stereocenters. The molecule has 11 heteroatoms. The summed E-state index contributed by atoms with van der Waals surface area (Å²) in [6.45, 7) is -0.0923. The number of fused-ring (bicyclic) bond motifs is 1. The van der Waals surface area contributed by atoms with Crippen LogP contribution in [0.4, 0.5) is 16.2 Å². The highest BCUT2D eigenvalue weighted by Crippen LogP contribution is 2.49. The second-order valence-electron chi connectivity index (χ2n) is 7.63. The van der Waals surface area contributed by atoms with Crippen LogP contribution in [0.1, 0.15) is 19.3 Å². The first-order chi connectivity index (χ1) is 14.8. The highest BCUT2D eigenvalue weighted by atomic mass is 16.6. The normalized spacial score (nSPS) is 26.2. The van der Waals surface area contributed by atoms with Crippen LogP contribution in [0.3, 0.4) is 0 Å². The third-order valence-electron chi connectivity index (χ3n) is 5.57. The summed E-state index contributed by atoms with van der Waals surface area (Å²) in [5.41, 5.74) is 3.83. The van der Waals surface area contributed by atoms with Crippen molar-refractivity contribution in [2.75, 3.05) is 18.5 Å². The summed E-state index contributed by atoms with van der Waals surface area (Å²) in [4.78, 5) is 32.6. The van der Waals surface area contributed by atoms with Gasteiger partial charge in [0.2, 0.25) is 0 Å². The van der Waals surface area contributed by atoms with Crippen LogP contribution in [0.2, 0.25) is 0 Å². The number of nitrogens with zero attached hydrogens (tertiary/aromatic N) is 2. The van der Waals surface area contributed by atoms with Gasteiger partial charge in [-0.1, -0.05) is 11.6 Å². The minimum absolute atomic E-state index is 0.0767. The Morgan fingerprint density at radius 2 is 2.03 bits per heavy atom. The lowest BCUT2D eigenvalue weighted by molar-refractivity contribution is -0.384. The van der Waals surface area contributed by atoms with E-state index in [4.69, 9.17) is 9.84 Å². The van der Waals surface area contributed by atoms with Crippen molar-refractivity contribution >= 4 is 29.6 Å². The number of carbonyl (C=O) groups is 2. The first-order valence-electron chi connectivity index (χ1n) is 9.83. The maximum absolute atomic E-state index is 12.0. The lowest BCUT2D eigenvalue weighted by Crippen LogP contribution is -2.27. The summed E-state index contributed by atoms with van der Waals surface area (Å²) < 4.78 is 5.05. The molecular formula is C20H24N4O7. The third kappa shape index (κ3) is 6.09. The van der Waals surface area contributed by atoms with E-state index in [1.807, 2.05) is 6.08 Å². The van der Waals surface area contributed by atoms with E-state index in [1.54, 1.807) is 6.21 Å². The van der Waals surface area contributed by atoms with Crippen molar-refractivity contribution in [2.45, 2.75) is 25.4 Å². The van der Waals surface area contributed by atoms with Gasteiger partial charge in [0.1, 0.15) is 6.61 Å². The maximum Gasteiger partial charge on any atom is 0.339 e. The molecule has 2 fully saturated rings. The first-order valence-corrected chi connectivity index (χ1v) is 9.83. The van der Waals surface area contributed by atoms with E-state index in [0.717, 1.165) is 12.8 Å². The van der Waals surface area contributed by atoms with Crippen molar-refractivity contribution in [3.8, 4) is 0 Å². The van der Waals surface area contributed by atoms with Crippen LogP contribution in [0.25, 0.3) is 0 Å². The predicted octanol–water partition coefficient (Wildman–Crippen LogP) is 2.14. The van der Waals surface area contributed by atoms with Crippen LogP contribution < -0.4 is 10.7 Å². The number of urea groups is 1. The van der Waals surface area contributed by atoms with Crippen molar-refractivity contribution in [2.24, 2.45) is 22.9 Å². The number of rotatable bonds is 8. The van der Waals surface area contributed by atoms with Crippen LogP contribution in [0.5, 0.6) is 0 Å². The number of aliphatic hydroxyl groups is 1. The van der Waals surface area contributed by atoms with E-state index in [0.29, 0.717) is 18.0 Å². The van der Waals surface area contributed by atoms with Crippen molar-refractivity contribution in [1.29, 1.82) is 0 Å². The number of nitro benzene ring substituents is 1. The van der Waals surface area contributed by atoms with Crippen molar-refractivity contribution in [1.82, 2.24) is 5.43 Å². The fourth-order valence-corrected chi connectivity index (χ4v) is 4.21. The van der Waals surface area contributed by atoms with Crippen LogP contribution in [-0.2, 0) is 9.53 Å². The molecule has 11 nitrogen and oxygen atoms in total. The average molecular weight is 432 g/mol. The van der Waals surface area contributed by atoms with Gasteiger partial charge in [-0.25, -0.2) is 15.0 Å². The van der Waals surface area contributed by atoms with Gasteiger partial charge in [-0.15, -0.1) is 0 Å². The minimum Gasteiger partial charge on any atom is -0.480 e. The molecule has 2 aliphatic rings. The highest BCUT2D eigenvalue weighted by molar-refractivity contribution is 5.89. The predicted molar refractivity (Wildman–Crippen MR) is 111 cm³/mol. The van der Waals surface area contributed by atoms with Crippen molar-refractivity contribution in [3.05, 3.63) is 46.0 Å². The molecule has 0 saturated heterocycles.